The number of aliphatic hydroxyl groups is 3. The first-order chi connectivity index (χ1) is 15.2. The van der Waals surface area contributed by atoms with Gasteiger partial charge in [0.2, 0.25) is 0 Å². The molecule has 5 atom stereocenters. The van der Waals surface area contributed by atoms with Gasteiger partial charge in [-0.1, -0.05) is 30.3 Å². The minimum Gasteiger partial charge on any atom is -0.504 e. The van der Waals surface area contributed by atoms with Crippen LogP contribution in [-0.2, 0) is 16.0 Å². The lowest BCUT2D eigenvalue weighted by molar-refractivity contribution is -0.227. The van der Waals surface area contributed by atoms with Gasteiger partial charge in [0.1, 0.15) is 35.0 Å². The third-order valence-corrected chi connectivity index (χ3v) is 5.48. The van der Waals surface area contributed by atoms with Crippen LogP contribution >= 0.6 is 0 Å². The fourth-order valence-corrected chi connectivity index (χ4v) is 3.78. The van der Waals surface area contributed by atoms with Crippen LogP contribution in [0.2, 0.25) is 0 Å². The molecule has 4 rings (SSSR count). The number of benzene rings is 2. The minimum atomic E-state index is -1.86. The Morgan fingerprint density at radius 2 is 1.62 bits per heavy atom. The molecule has 0 bridgehead atoms. The highest BCUT2D eigenvalue weighted by Gasteiger charge is 2.47. The second kappa shape index (κ2) is 8.24. The third kappa shape index (κ3) is 3.69. The summed E-state index contributed by atoms with van der Waals surface area (Å²) in [6.07, 6.45) is -8.86. The fourth-order valence-electron chi connectivity index (χ4n) is 3.78. The van der Waals surface area contributed by atoms with Gasteiger partial charge in [0.25, 0.3) is 0 Å². The standard InChI is InChI=1S/C22H20O10/c23-11-8-12(9-4-2-1-3-5-9)31-13-6-10(16(24)18(26)15(11)13)7-14-17(25)19(27)20(28)21(32-14)22(29)30/h1-6,8,14,17,19-21,24-28H,7H2,(H,29,30)/t14-,17-,19+,20-,21-/m0/s1. The zero-order valence-electron chi connectivity index (χ0n) is 16.5. The van der Waals surface area contributed by atoms with E-state index in [-0.39, 0.29) is 28.7 Å². The van der Waals surface area contributed by atoms with Crippen molar-refractivity contribution in [1.82, 2.24) is 0 Å². The molecule has 0 amide bonds. The highest BCUT2D eigenvalue weighted by Crippen LogP contribution is 2.38. The molecule has 10 heteroatoms. The maximum atomic E-state index is 12.6. The van der Waals surface area contributed by atoms with E-state index in [9.17, 15) is 40.2 Å². The van der Waals surface area contributed by atoms with E-state index in [0.29, 0.717) is 5.56 Å². The number of ether oxygens (including phenoxy) is 1. The van der Waals surface area contributed by atoms with Crippen LogP contribution in [0, 0.1) is 0 Å². The Balaban J connectivity index is 1.77. The maximum absolute atomic E-state index is 12.6. The van der Waals surface area contributed by atoms with Gasteiger partial charge in [0.05, 0.1) is 6.10 Å². The summed E-state index contributed by atoms with van der Waals surface area (Å²) in [6, 6.07) is 11.2. The lowest BCUT2D eigenvalue weighted by atomic mass is 9.91. The molecule has 0 radical (unpaired) electrons. The van der Waals surface area contributed by atoms with Crippen molar-refractivity contribution in [3.63, 3.8) is 0 Å². The van der Waals surface area contributed by atoms with Gasteiger partial charge in [-0.3, -0.25) is 4.79 Å². The second-order valence-electron chi connectivity index (χ2n) is 7.56. The summed E-state index contributed by atoms with van der Waals surface area (Å²) in [5.41, 5.74) is -0.0709. The summed E-state index contributed by atoms with van der Waals surface area (Å²) in [5.74, 6) is -2.75. The fraction of sp³-hybridized carbons (Fsp3) is 0.273. The zero-order chi connectivity index (χ0) is 23.2. The SMILES string of the molecule is O=C(O)[C@H]1O[C@@H](Cc2cc3oc(-c4ccccc4)cc(=O)c3c(O)c2O)[C@H](O)[C@@H](O)[C@@H]1O. The molecule has 0 spiro atoms. The Labute approximate surface area is 180 Å². The molecule has 1 fully saturated rings. The van der Waals surface area contributed by atoms with E-state index >= 15 is 0 Å². The summed E-state index contributed by atoms with van der Waals surface area (Å²) >= 11 is 0. The Kier molecular flexibility index (Phi) is 5.61. The zero-order valence-corrected chi connectivity index (χ0v) is 16.5. The first-order valence-electron chi connectivity index (χ1n) is 9.68. The van der Waals surface area contributed by atoms with Gasteiger partial charge in [-0.25, -0.2) is 4.79 Å². The number of aromatic hydroxyl groups is 2. The van der Waals surface area contributed by atoms with Gasteiger partial charge < -0.3 is 39.8 Å². The largest absolute Gasteiger partial charge is 0.504 e. The number of phenolic OH excluding ortho intramolecular Hbond substituents is 2. The van der Waals surface area contributed by atoms with Crippen molar-refractivity contribution in [3.8, 4) is 22.8 Å². The molecule has 168 valence electrons. The molecule has 3 aromatic rings. The van der Waals surface area contributed by atoms with Crippen LogP contribution in [0.15, 0.2) is 51.7 Å². The van der Waals surface area contributed by atoms with Crippen LogP contribution in [0.1, 0.15) is 5.56 Å². The summed E-state index contributed by atoms with van der Waals surface area (Å²) in [6.45, 7) is 0. The Morgan fingerprint density at radius 1 is 0.938 bits per heavy atom. The van der Waals surface area contributed by atoms with E-state index in [1.165, 1.54) is 12.1 Å². The van der Waals surface area contributed by atoms with Gasteiger partial charge in [0, 0.05) is 23.6 Å². The summed E-state index contributed by atoms with van der Waals surface area (Å²) in [4.78, 5) is 23.9. The molecular weight excluding hydrogens is 424 g/mol. The normalized spacial score (nSPS) is 25.7. The van der Waals surface area contributed by atoms with Crippen LogP contribution in [0.3, 0.4) is 0 Å². The highest BCUT2D eigenvalue weighted by molar-refractivity contribution is 5.88. The molecule has 0 unspecified atom stereocenters. The van der Waals surface area contributed by atoms with Gasteiger partial charge in [0.15, 0.2) is 23.0 Å². The number of rotatable bonds is 4. The molecule has 1 aliphatic rings. The van der Waals surface area contributed by atoms with Crippen LogP contribution in [-0.4, -0.2) is 67.1 Å². The van der Waals surface area contributed by atoms with Crippen molar-refractivity contribution < 1.29 is 44.6 Å². The lowest BCUT2D eigenvalue weighted by Crippen LogP contribution is -2.60. The summed E-state index contributed by atoms with van der Waals surface area (Å²) in [7, 11) is 0. The average molecular weight is 444 g/mol. The minimum absolute atomic E-state index is 0.0276. The molecule has 2 heterocycles. The third-order valence-electron chi connectivity index (χ3n) is 5.48. The Bertz CT molecular complexity index is 1220. The number of carboxylic acids is 1. The van der Waals surface area contributed by atoms with Crippen molar-refractivity contribution in [3.05, 3.63) is 58.3 Å². The van der Waals surface area contributed by atoms with E-state index in [1.807, 2.05) is 0 Å². The van der Waals surface area contributed by atoms with Crippen molar-refractivity contribution in [2.45, 2.75) is 36.9 Å². The van der Waals surface area contributed by atoms with E-state index in [1.54, 1.807) is 30.3 Å². The average Bonchev–Trinajstić information content (AvgIpc) is 2.77. The number of phenols is 2. The molecule has 1 saturated heterocycles. The first-order valence-corrected chi connectivity index (χ1v) is 9.68. The quantitative estimate of drug-likeness (QED) is 0.308. The molecule has 6 N–H and O–H groups in total. The van der Waals surface area contributed by atoms with E-state index in [4.69, 9.17) is 9.15 Å². The Hall–Kier alpha value is -3.44. The summed E-state index contributed by atoms with van der Waals surface area (Å²) < 4.78 is 11.0. The first kappa shape index (κ1) is 21.8. The number of aliphatic carboxylic acids is 1. The molecule has 32 heavy (non-hydrogen) atoms. The van der Waals surface area contributed by atoms with E-state index in [2.05, 4.69) is 0 Å². The highest BCUT2D eigenvalue weighted by atomic mass is 16.6. The van der Waals surface area contributed by atoms with Crippen LogP contribution in [0.5, 0.6) is 11.5 Å². The smallest absolute Gasteiger partial charge is 0.335 e. The van der Waals surface area contributed by atoms with Crippen molar-refractivity contribution in [1.29, 1.82) is 0 Å². The van der Waals surface area contributed by atoms with Crippen LogP contribution < -0.4 is 5.43 Å². The van der Waals surface area contributed by atoms with Gasteiger partial charge in [-0.2, -0.15) is 0 Å². The van der Waals surface area contributed by atoms with Crippen molar-refractivity contribution >= 4 is 16.9 Å². The lowest BCUT2D eigenvalue weighted by Gasteiger charge is -2.39. The van der Waals surface area contributed by atoms with Gasteiger partial charge in [-0.05, 0) is 6.07 Å². The second-order valence-corrected chi connectivity index (χ2v) is 7.56. The van der Waals surface area contributed by atoms with Crippen molar-refractivity contribution in [2.75, 3.05) is 0 Å². The number of hydrogen-bond acceptors (Lipinski definition) is 9. The topological polar surface area (TPSA) is 178 Å². The molecular formula is C22H20O10. The van der Waals surface area contributed by atoms with Crippen LogP contribution in [0.4, 0.5) is 0 Å². The van der Waals surface area contributed by atoms with Crippen molar-refractivity contribution in [2.24, 2.45) is 0 Å². The predicted octanol–water partition coefficient (Wildman–Crippen LogP) is 0.348. The molecule has 2 aromatic carbocycles. The number of carbonyl (C=O) groups is 1. The molecule has 0 saturated carbocycles. The number of hydrogen-bond donors (Lipinski definition) is 6. The maximum Gasteiger partial charge on any atom is 0.335 e. The molecule has 10 nitrogen and oxygen atoms in total. The number of aliphatic hydroxyl groups excluding tert-OH is 3. The number of carboxylic acid groups (broad SMARTS) is 1. The number of fused-ring (bicyclic) bond motifs is 1. The van der Waals surface area contributed by atoms with Gasteiger partial charge >= 0.3 is 5.97 Å². The Morgan fingerprint density at radius 3 is 2.28 bits per heavy atom. The molecule has 1 aromatic heterocycles. The molecule has 1 aliphatic heterocycles. The van der Waals surface area contributed by atoms with Crippen LogP contribution in [0.25, 0.3) is 22.3 Å². The summed E-state index contributed by atoms with van der Waals surface area (Å²) in [5, 5.41) is 59.8. The molecule has 0 aliphatic carbocycles. The monoisotopic (exact) mass is 444 g/mol. The van der Waals surface area contributed by atoms with E-state index < -0.39 is 53.4 Å². The van der Waals surface area contributed by atoms with E-state index in [0.717, 1.165) is 0 Å². The van der Waals surface area contributed by atoms with Gasteiger partial charge in [-0.15, -0.1) is 0 Å². The predicted molar refractivity (Wildman–Crippen MR) is 109 cm³/mol.